The second kappa shape index (κ2) is 8.57. The van der Waals surface area contributed by atoms with E-state index in [4.69, 9.17) is 23.2 Å². The van der Waals surface area contributed by atoms with Crippen LogP contribution >= 0.6 is 35.6 Å². The van der Waals surface area contributed by atoms with E-state index >= 15 is 0 Å². The fourth-order valence-electron chi connectivity index (χ4n) is 2.94. The van der Waals surface area contributed by atoms with Gasteiger partial charge in [0.15, 0.2) is 0 Å². The number of hydrogen-bond acceptors (Lipinski definition) is 4. The predicted molar refractivity (Wildman–Crippen MR) is 106 cm³/mol. The van der Waals surface area contributed by atoms with Gasteiger partial charge in [0.1, 0.15) is 11.5 Å². The molecule has 142 valence electrons. The predicted octanol–water partition coefficient (Wildman–Crippen LogP) is 3.55. The molecule has 1 atom stereocenters. The van der Waals surface area contributed by atoms with E-state index in [1.807, 2.05) is 13.8 Å². The molecule has 6 nitrogen and oxygen atoms in total. The molecule has 3 rings (SSSR count). The van der Waals surface area contributed by atoms with E-state index < -0.39 is 0 Å². The first-order valence-corrected chi connectivity index (χ1v) is 9.05. The SMILES string of the molecule is CC(C)c1nc(C(=O)N(C)C2CCNC2)nn1-c1c(Cl)cccc1Cl.Cl. The molecule has 0 spiro atoms. The van der Waals surface area contributed by atoms with Crippen molar-refractivity contribution in [1.82, 2.24) is 25.0 Å². The van der Waals surface area contributed by atoms with E-state index in [2.05, 4.69) is 15.4 Å². The number of aromatic nitrogens is 3. The van der Waals surface area contributed by atoms with Gasteiger partial charge in [0.05, 0.1) is 10.0 Å². The van der Waals surface area contributed by atoms with Gasteiger partial charge in [0.25, 0.3) is 5.91 Å². The van der Waals surface area contributed by atoms with Crippen molar-refractivity contribution in [1.29, 1.82) is 0 Å². The molecule has 26 heavy (non-hydrogen) atoms. The van der Waals surface area contributed by atoms with Gasteiger partial charge in [-0.1, -0.05) is 43.1 Å². The number of likely N-dealkylation sites (N-methyl/N-ethyl adjacent to an activating group) is 1. The third kappa shape index (κ3) is 3.98. The van der Waals surface area contributed by atoms with Crippen LogP contribution in [0.2, 0.25) is 10.0 Å². The van der Waals surface area contributed by atoms with Crippen molar-refractivity contribution in [3.05, 3.63) is 39.9 Å². The molecule has 1 N–H and O–H groups in total. The summed E-state index contributed by atoms with van der Waals surface area (Å²) in [6.45, 7) is 5.68. The number of hydrogen-bond donors (Lipinski definition) is 1. The minimum absolute atomic E-state index is 0. The lowest BCUT2D eigenvalue weighted by Gasteiger charge is -2.22. The molecule has 2 aromatic rings. The largest absolute Gasteiger partial charge is 0.335 e. The number of amides is 1. The van der Waals surface area contributed by atoms with Gasteiger partial charge in [-0.15, -0.1) is 17.5 Å². The number of nitrogens with one attached hydrogen (secondary N) is 1. The molecule has 9 heteroatoms. The highest BCUT2D eigenvalue weighted by atomic mass is 35.5. The van der Waals surface area contributed by atoms with E-state index in [-0.39, 0.29) is 36.1 Å². The zero-order valence-corrected chi connectivity index (χ0v) is 17.2. The van der Waals surface area contributed by atoms with E-state index in [1.54, 1.807) is 34.8 Å². The van der Waals surface area contributed by atoms with Gasteiger partial charge >= 0.3 is 0 Å². The standard InChI is InChI=1S/C17H21Cl2N5O.ClH/c1-10(2)16-21-15(17(25)23(3)11-7-8-20-9-11)22-24(16)14-12(18)5-4-6-13(14)19;/h4-6,10-11,20H,7-9H2,1-3H3;1H. The number of para-hydroxylation sites is 1. The Balaban J connectivity index is 0.00000243. The average Bonchev–Trinajstić information content (AvgIpc) is 3.23. The summed E-state index contributed by atoms with van der Waals surface area (Å²) in [4.78, 5) is 19.0. The van der Waals surface area contributed by atoms with Crippen molar-refractivity contribution < 1.29 is 4.79 Å². The number of carbonyl (C=O) groups is 1. The summed E-state index contributed by atoms with van der Waals surface area (Å²) in [6.07, 6.45) is 0.927. The van der Waals surface area contributed by atoms with Crippen LogP contribution in [0.15, 0.2) is 18.2 Å². The third-order valence-electron chi connectivity index (χ3n) is 4.39. The van der Waals surface area contributed by atoms with Crippen molar-refractivity contribution in [2.75, 3.05) is 20.1 Å². The lowest BCUT2D eigenvalue weighted by Crippen LogP contribution is -2.38. The topological polar surface area (TPSA) is 63.1 Å². The van der Waals surface area contributed by atoms with E-state index in [9.17, 15) is 4.79 Å². The summed E-state index contributed by atoms with van der Waals surface area (Å²) in [5.41, 5.74) is 0.547. The number of rotatable bonds is 4. The molecule has 1 saturated heterocycles. The molecule has 0 bridgehead atoms. The third-order valence-corrected chi connectivity index (χ3v) is 5.00. The zero-order chi connectivity index (χ0) is 18.1. The molecule has 1 aliphatic rings. The molecule has 2 heterocycles. The molecular formula is C17H22Cl3N5O. The Morgan fingerprint density at radius 3 is 2.54 bits per heavy atom. The number of halogens is 3. The Kier molecular flexibility index (Phi) is 6.91. The van der Waals surface area contributed by atoms with Crippen LogP contribution in [0.1, 0.15) is 42.6 Å². The number of nitrogens with zero attached hydrogens (tertiary/aromatic N) is 4. The van der Waals surface area contributed by atoms with Crippen LogP contribution in [0.5, 0.6) is 0 Å². The van der Waals surface area contributed by atoms with Crippen LogP contribution in [0.4, 0.5) is 0 Å². The summed E-state index contributed by atoms with van der Waals surface area (Å²) in [5.74, 6) is 0.669. The molecule has 0 radical (unpaired) electrons. The summed E-state index contributed by atoms with van der Waals surface area (Å²) in [7, 11) is 1.79. The van der Waals surface area contributed by atoms with Crippen LogP contribution < -0.4 is 5.32 Å². The molecule has 1 aliphatic heterocycles. The Morgan fingerprint density at radius 2 is 2.00 bits per heavy atom. The highest BCUT2D eigenvalue weighted by Gasteiger charge is 2.28. The Bertz CT molecular complexity index is 766. The first kappa shape index (κ1) is 21.0. The quantitative estimate of drug-likeness (QED) is 0.825. The molecule has 1 aromatic heterocycles. The lowest BCUT2D eigenvalue weighted by molar-refractivity contribution is 0.0731. The van der Waals surface area contributed by atoms with Crippen molar-refractivity contribution in [3.63, 3.8) is 0 Å². The van der Waals surface area contributed by atoms with Crippen LogP contribution in [0.3, 0.4) is 0 Å². The average molecular weight is 419 g/mol. The maximum absolute atomic E-state index is 12.8. The maximum Gasteiger partial charge on any atom is 0.293 e. The number of carbonyl (C=O) groups excluding carboxylic acids is 1. The van der Waals surface area contributed by atoms with E-state index in [0.717, 1.165) is 19.5 Å². The highest BCUT2D eigenvalue weighted by Crippen LogP contribution is 2.30. The van der Waals surface area contributed by atoms with Crippen molar-refractivity contribution in [2.24, 2.45) is 0 Å². The molecular weight excluding hydrogens is 397 g/mol. The summed E-state index contributed by atoms with van der Waals surface area (Å²) in [6, 6.07) is 5.41. The maximum atomic E-state index is 12.8. The van der Waals surface area contributed by atoms with Crippen LogP contribution in [-0.2, 0) is 0 Å². The fourth-order valence-corrected chi connectivity index (χ4v) is 3.50. The van der Waals surface area contributed by atoms with Gasteiger partial charge in [0.2, 0.25) is 5.82 Å². The first-order valence-electron chi connectivity index (χ1n) is 8.29. The summed E-state index contributed by atoms with van der Waals surface area (Å²) in [5, 5.41) is 8.63. The van der Waals surface area contributed by atoms with Gasteiger partial charge in [-0.2, -0.15) is 0 Å². The van der Waals surface area contributed by atoms with Crippen molar-refractivity contribution in [3.8, 4) is 5.69 Å². The normalized spacial score (nSPS) is 16.6. The van der Waals surface area contributed by atoms with Gasteiger partial charge in [-0.05, 0) is 25.1 Å². The molecule has 0 saturated carbocycles. The zero-order valence-electron chi connectivity index (χ0n) is 14.9. The van der Waals surface area contributed by atoms with Crippen LogP contribution in [-0.4, -0.2) is 51.8 Å². The first-order chi connectivity index (χ1) is 11.9. The second-order valence-corrected chi connectivity index (χ2v) is 7.31. The number of benzene rings is 1. The van der Waals surface area contributed by atoms with Crippen molar-refractivity contribution >= 4 is 41.5 Å². The van der Waals surface area contributed by atoms with Gasteiger partial charge in [-0.25, -0.2) is 9.67 Å². The molecule has 1 aromatic carbocycles. The monoisotopic (exact) mass is 417 g/mol. The highest BCUT2D eigenvalue weighted by molar-refractivity contribution is 6.37. The fraction of sp³-hybridized carbons (Fsp3) is 0.471. The summed E-state index contributed by atoms with van der Waals surface area (Å²) < 4.78 is 1.59. The summed E-state index contributed by atoms with van der Waals surface area (Å²) >= 11 is 12.6. The van der Waals surface area contributed by atoms with Gasteiger partial charge in [0, 0.05) is 25.6 Å². The minimum Gasteiger partial charge on any atom is -0.335 e. The Labute approximate surface area is 169 Å². The minimum atomic E-state index is -0.197. The van der Waals surface area contributed by atoms with Gasteiger partial charge in [-0.3, -0.25) is 4.79 Å². The van der Waals surface area contributed by atoms with Crippen LogP contribution in [0, 0.1) is 0 Å². The Hall–Kier alpha value is -1.34. The molecule has 1 fully saturated rings. The van der Waals surface area contributed by atoms with Crippen LogP contribution in [0.25, 0.3) is 5.69 Å². The van der Waals surface area contributed by atoms with Gasteiger partial charge < -0.3 is 10.2 Å². The molecule has 0 aliphatic carbocycles. The van der Waals surface area contributed by atoms with E-state index in [0.29, 0.717) is 21.6 Å². The Morgan fingerprint density at radius 1 is 1.35 bits per heavy atom. The second-order valence-electron chi connectivity index (χ2n) is 6.49. The lowest BCUT2D eigenvalue weighted by atomic mass is 10.2. The smallest absolute Gasteiger partial charge is 0.293 e. The molecule has 1 amide bonds. The van der Waals surface area contributed by atoms with Crippen molar-refractivity contribution in [2.45, 2.75) is 32.2 Å². The molecule has 1 unspecified atom stereocenters. The van der Waals surface area contributed by atoms with E-state index in [1.165, 1.54) is 0 Å².